The van der Waals surface area contributed by atoms with E-state index in [1.165, 1.54) is 0 Å². The fourth-order valence-corrected chi connectivity index (χ4v) is 4.40. The summed E-state index contributed by atoms with van der Waals surface area (Å²) in [6, 6.07) is 0. The first-order valence-corrected chi connectivity index (χ1v) is 14.6. The zero-order chi connectivity index (χ0) is 32.4. The molecule has 12 heteroatoms. The number of amides is 2. The van der Waals surface area contributed by atoms with E-state index >= 15 is 0 Å². The van der Waals surface area contributed by atoms with Crippen LogP contribution in [-0.2, 0) is 42.9 Å². The van der Waals surface area contributed by atoms with Crippen LogP contribution in [0.15, 0.2) is 0 Å². The Balaban J connectivity index is 2.53. The van der Waals surface area contributed by atoms with E-state index in [1.54, 1.807) is 69.2 Å². The van der Waals surface area contributed by atoms with E-state index in [-0.39, 0.29) is 6.42 Å². The van der Waals surface area contributed by atoms with Crippen LogP contribution in [0.5, 0.6) is 0 Å². The van der Waals surface area contributed by atoms with Crippen molar-refractivity contribution in [2.45, 2.75) is 132 Å². The summed E-state index contributed by atoms with van der Waals surface area (Å²) < 4.78 is 28.8. The first-order chi connectivity index (χ1) is 19.1. The van der Waals surface area contributed by atoms with Crippen molar-refractivity contribution in [2.24, 2.45) is 22.2 Å². The lowest BCUT2D eigenvalue weighted by molar-refractivity contribution is -0.191. The topological polar surface area (TPSA) is 155 Å². The maximum Gasteiger partial charge on any atom is 0.419 e. The minimum absolute atomic E-state index is 0.252. The van der Waals surface area contributed by atoms with Crippen molar-refractivity contribution >= 4 is 29.9 Å². The normalized spacial score (nSPS) is 24.8. The second kappa shape index (κ2) is 13.3. The molecule has 0 aliphatic carbocycles. The van der Waals surface area contributed by atoms with E-state index in [1.807, 2.05) is 6.92 Å². The Labute approximate surface area is 248 Å². The van der Waals surface area contributed by atoms with E-state index in [2.05, 4.69) is 0 Å². The quantitative estimate of drug-likeness (QED) is 0.288. The third kappa shape index (κ3) is 8.21. The zero-order valence-electron chi connectivity index (χ0n) is 26.8. The lowest BCUT2D eigenvalue weighted by Crippen LogP contribution is -2.49. The number of aliphatic hydroxyl groups is 1. The van der Waals surface area contributed by atoms with Crippen molar-refractivity contribution in [2.75, 3.05) is 6.61 Å². The van der Waals surface area contributed by atoms with Crippen molar-refractivity contribution in [1.29, 1.82) is 0 Å². The fourth-order valence-electron chi connectivity index (χ4n) is 4.40. The standard InChI is InChI=1S/C30H49NO11/c1-12-14-17(32)16(13-2)22(33)31-23-21(42-27(31)37)20(41-26(36)30(9,10)11)19(40-23)18(39-25(35)29(6,7)8)15-38-24(34)28(3,4)5/h16-21,23,32H,12-15H2,1-11H3/t16-,17+,18+,19+,20-,21+,23-/m0/s1. The number of ether oxygens (including phenoxy) is 5. The molecule has 0 radical (unpaired) electrons. The Morgan fingerprint density at radius 2 is 1.45 bits per heavy atom. The Hall–Kier alpha value is -2.73. The van der Waals surface area contributed by atoms with E-state index in [4.69, 9.17) is 23.7 Å². The molecule has 0 aromatic rings. The molecule has 12 nitrogen and oxygen atoms in total. The predicted molar refractivity (Wildman–Crippen MR) is 150 cm³/mol. The van der Waals surface area contributed by atoms with Crippen LogP contribution < -0.4 is 0 Å². The summed E-state index contributed by atoms with van der Waals surface area (Å²) in [6.07, 6.45) is -7.24. The predicted octanol–water partition coefficient (Wildman–Crippen LogP) is 3.75. The molecule has 0 aromatic carbocycles. The largest absolute Gasteiger partial charge is 0.461 e. The highest BCUT2D eigenvalue weighted by atomic mass is 16.7. The van der Waals surface area contributed by atoms with Crippen molar-refractivity contribution < 1.29 is 52.8 Å². The van der Waals surface area contributed by atoms with E-state index in [9.17, 15) is 29.1 Å². The molecule has 2 aliphatic heterocycles. The van der Waals surface area contributed by atoms with Crippen LogP contribution in [0.2, 0.25) is 0 Å². The van der Waals surface area contributed by atoms with Gasteiger partial charge >= 0.3 is 24.0 Å². The van der Waals surface area contributed by atoms with Crippen LogP contribution in [0.3, 0.4) is 0 Å². The van der Waals surface area contributed by atoms with Gasteiger partial charge in [-0.05, 0) is 75.2 Å². The molecule has 2 amide bonds. The van der Waals surface area contributed by atoms with Gasteiger partial charge in [0.15, 0.2) is 24.5 Å². The summed E-state index contributed by atoms with van der Waals surface area (Å²) in [7, 11) is 0. The smallest absolute Gasteiger partial charge is 0.419 e. The molecule has 2 aliphatic rings. The van der Waals surface area contributed by atoms with Gasteiger partial charge in [0.1, 0.15) is 12.7 Å². The lowest BCUT2D eigenvalue weighted by Gasteiger charge is -2.32. The molecule has 0 bridgehead atoms. The molecule has 0 spiro atoms. The minimum atomic E-state index is -1.34. The van der Waals surface area contributed by atoms with E-state index in [0.717, 1.165) is 4.90 Å². The summed E-state index contributed by atoms with van der Waals surface area (Å²) in [6.45, 7) is 18.0. The molecule has 42 heavy (non-hydrogen) atoms. The third-order valence-corrected chi connectivity index (χ3v) is 7.04. The summed E-state index contributed by atoms with van der Waals surface area (Å²) in [5, 5.41) is 10.6. The number of fused-ring (bicyclic) bond motifs is 1. The van der Waals surface area contributed by atoms with Gasteiger partial charge in [-0.15, -0.1) is 0 Å². The van der Waals surface area contributed by atoms with Gasteiger partial charge in [-0.2, -0.15) is 0 Å². The Morgan fingerprint density at radius 1 is 0.905 bits per heavy atom. The molecule has 1 N–H and O–H groups in total. The van der Waals surface area contributed by atoms with Crippen molar-refractivity contribution in [3.8, 4) is 0 Å². The molecule has 240 valence electrons. The molecule has 0 aromatic heterocycles. The number of hydrogen-bond acceptors (Lipinski definition) is 11. The van der Waals surface area contributed by atoms with Gasteiger partial charge in [0.25, 0.3) is 0 Å². The van der Waals surface area contributed by atoms with Gasteiger partial charge in [-0.1, -0.05) is 20.3 Å². The fraction of sp³-hybridized carbons (Fsp3) is 0.833. The van der Waals surface area contributed by atoms with Gasteiger partial charge in [-0.25, -0.2) is 9.69 Å². The first-order valence-electron chi connectivity index (χ1n) is 14.6. The summed E-state index contributed by atoms with van der Waals surface area (Å²) in [4.78, 5) is 66.0. The van der Waals surface area contributed by atoms with E-state index < -0.39 is 95.4 Å². The first kappa shape index (κ1) is 35.5. The average Bonchev–Trinajstić information content (AvgIpc) is 3.34. The number of nitrogens with zero attached hydrogens (tertiary/aromatic N) is 1. The molecule has 2 heterocycles. The summed E-state index contributed by atoms with van der Waals surface area (Å²) >= 11 is 0. The molecular weight excluding hydrogens is 550 g/mol. The maximum absolute atomic E-state index is 13.6. The molecule has 0 unspecified atom stereocenters. The molecule has 0 saturated carbocycles. The Morgan fingerprint density at radius 3 is 1.93 bits per heavy atom. The van der Waals surface area contributed by atoms with Gasteiger partial charge in [0.05, 0.1) is 28.3 Å². The zero-order valence-corrected chi connectivity index (χ0v) is 26.8. The molecule has 7 atom stereocenters. The maximum atomic E-state index is 13.6. The van der Waals surface area contributed by atoms with Crippen molar-refractivity contribution in [1.82, 2.24) is 4.90 Å². The Kier molecular flexibility index (Phi) is 11.2. The highest BCUT2D eigenvalue weighted by Gasteiger charge is 2.62. The average molecular weight is 600 g/mol. The number of esters is 3. The number of aliphatic hydroxyl groups excluding tert-OH is 1. The number of hydrogen-bond donors (Lipinski definition) is 1. The highest BCUT2D eigenvalue weighted by molar-refractivity contribution is 5.95. The highest BCUT2D eigenvalue weighted by Crippen LogP contribution is 2.39. The number of carbonyl (C=O) groups excluding carboxylic acids is 5. The summed E-state index contributed by atoms with van der Waals surface area (Å²) in [5.41, 5.74) is -2.78. The number of rotatable bonds is 10. The van der Waals surface area contributed by atoms with Gasteiger partial charge in [0.2, 0.25) is 5.91 Å². The molecular formula is C30H49NO11. The monoisotopic (exact) mass is 599 g/mol. The Bertz CT molecular complexity index is 1020. The van der Waals surface area contributed by atoms with Crippen LogP contribution in [0.25, 0.3) is 0 Å². The summed E-state index contributed by atoms with van der Waals surface area (Å²) in [5.74, 6) is -3.46. The van der Waals surface area contributed by atoms with Crippen LogP contribution in [0, 0.1) is 22.2 Å². The number of imide groups is 1. The van der Waals surface area contributed by atoms with Crippen LogP contribution >= 0.6 is 0 Å². The van der Waals surface area contributed by atoms with Crippen molar-refractivity contribution in [3.05, 3.63) is 0 Å². The van der Waals surface area contributed by atoms with Crippen LogP contribution in [-0.4, -0.2) is 83.3 Å². The molecule has 2 saturated heterocycles. The number of carbonyl (C=O) groups is 5. The van der Waals surface area contributed by atoms with Crippen LogP contribution in [0.4, 0.5) is 4.79 Å². The third-order valence-electron chi connectivity index (χ3n) is 7.04. The minimum Gasteiger partial charge on any atom is -0.461 e. The second-order valence-electron chi connectivity index (χ2n) is 14.1. The molecule has 2 rings (SSSR count). The second-order valence-corrected chi connectivity index (χ2v) is 14.1. The molecule has 2 fully saturated rings. The SMILES string of the molecule is CCC[C@@H](O)[C@H](CC)C(=O)N1C(=O)O[C@@H]2[C@@H](OC(=O)C(C)(C)C)[C@@H]([C@@H](COC(=O)C(C)(C)C)OC(=O)C(C)(C)C)O[C@@H]21. The van der Waals surface area contributed by atoms with Gasteiger partial charge in [-0.3, -0.25) is 19.2 Å². The van der Waals surface area contributed by atoms with Gasteiger partial charge < -0.3 is 28.8 Å². The lowest BCUT2D eigenvalue weighted by atomic mass is 9.94. The van der Waals surface area contributed by atoms with E-state index in [0.29, 0.717) is 12.8 Å². The van der Waals surface area contributed by atoms with Crippen LogP contribution in [0.1, 0.15) is 95.4 Å². The van der Waals surface area contributed by atoms with Crippen molar-refractivity contribution in [3.63, 3.8) is 0 Å². The van der Waals surface area contributed by atoms with Gasteiger partial charge in [0, 0.05) is 0 Å².